The van der Waals surface area contributed by atoms with E-state index in [1.165, 1.54) is 12.8 Å². The van der Waals surface area contributed by atoms with E-state index in [0.29, 0.717) is 24.7 Å². The summed E-state index contributed by atoms with van der Waals surface area (Å²) in [4.78, 5) is 18.6. The minimum absolute atomic E-state index is 0.601. The summed E-state index contributed by atoms with van der Waals surface area (Å²) in [6.07, 6.45) is 5.92. The highest BCUT2D eigenvalue weighted by atomic mass is 35.5. The maximum Gasteiger partial charge on any atom is 0.227 e. The van der Waals surface area contributed by atoms with Gasteiger partial charge >= 0.3 is 0 Å². The number of pyridine rings is 1. The molecule has 1 aliphatic rings. The monoisotopic (exact) mass is 462 g/mol. The zero-order valence-electron chi connectivity index (χ0n) is 18.7. The van der Waals surface area contributed by atoms with E-state index in [2.05, 4.69) is 26.2 Å². The van der Waals surface area contributed by atoms with Crippen LogP contribution in [0.4, 0.5) is 17.5 Å². The second kappa shape index (κ2) is 9.67. The molecule has 8 heteroatoms. The van der Waals surface area contributed by atoms with Crippen molar-refractivity contribution in [3.63, 3.8) is 0 Å². The van der Waals surface area contributed by atoms with Crippen molar-refractivity contribution in [1.29, 1.82) is 0 Å². The highest BCUT2D eigenvalue weighted by molar-refractivity contribution is 6.31. The Morgan fingerprint density at radius 2 is 2.00 bits per heavy atom. The topological polar surface area (TPSA) is 70.3 Å². The van der Waals surface area contributed by atoms with Gasteiger partial charge in [0.05, 0.1) is 18.3 Å². The summed E-state index contributed by atoms with van der Waals surface area (Å²) in [6.45, 7) is 6.15. The number of nitrogens with zero attached hydrogens (tertiary/aromatic N) is 5. The first-order valence-corrected chi connectivity index (χ1v) is 11.7. The molecule has 7 nitrogen and oxygen atoms in total. The van der Waals surface area contributed by atoms with E-state index in [9.17, 15) is 0 Å². The smallest absolute Gasteiger partial charge is 0.227 e. The minimum Gasteiger partial charge on any atom is -0.467 e. The molecule has 4 heterocycles. The van der Waals surface area contributed by atoms with E-state index >= 15 is 0 Å². The third-order valence-electron chi connectivity index (χ3n) is 5.87. The maximum absolute atomic E-state index is 6.13. The Morgan fingerprint density at radius 3 is 2.82 bits per heavy atom. The Kier molecular flexibility index (Phi) is 6.30. The van der Waals surface area contributed by atoms with Crippen LogP contribution >= 0.6 is 11.6 Å². The minimum atomic E-state index is 0.601. The molecule has 5 rings (SSSR count). The first kappa shape index (κ1) is 21.5. The number of nitrogens with one attached hydrogen (secondary N) is 1. The van der Waals surface area contributed by atoms with E-state index in [-0.39, 0.29) is 0 Å². The Labute approximate surface area is 198 Å². The molecule has 0 unspecified atom stereocenters. The lowest BCUT2D eigenvalue weighted by atomic mass is 10.2. The van der Waals surface area contributed by atoms with E-state index in [1.54, 1.807) is 12.5 Å². The molecule has 170 valence electrons. The number of benzene rings is 1. The van der Waals surface area contributed by atoms with Crippen molar-refractivity contribution in [2.45, 2.75) is 26.3 Å². The van der Waals surface area contributed by atoms with Crippen molar-refractivity contribution in [2.75, 3.05) is 41.3 Å². The lowest BCUT2D eigenvalue weighted by molar-refractivity contribution is 0.501. The van der Waals surface area contributed by atoms with Crippen molar-refractivity contribution in [2.24, 2.45) is 0 Å². The summed E-state index contributed by atoms with van der Waals surface area (Å²) >= 11 is 6.13. The summed E-state index contributed by atoms with van der Waals surface area (Å²) in [5.74, 6) is 2.61. The molecule has 1 saturated heterocycles. The predicted octanol–water partition coefficient (Wildman–Crippen LogP) is 5.30. The van der Waals surface area contributed by atoms with Gasteiger partial charge in [-0.15, -0.1) is 0 Å². The van der Waals surface area contributed by atoms with Crippen molar-refractivity contribution in [3.8, 4) is 0 Å². The van der Waals surface area contributed by atoms with Crippen molar-refractivity contribution >= 4 is 40.0 Å². The first-order valence-electron chi connectivity index (χ1n) is 11.3. The number of hydrogen-bond acceptors (Lipinski definition) is 7. The fourth-order valence-corrected chi connectivity index (χ4v) is 4.39. The quantitative estimate of drug-likeness (QED) is 0.381. The molecule has 0 radical (unpaired) electrons. The van der Waals surface area contributed by atoms with Gasteiger partial charge < -0.3 is 19.5 Å². The van der Waals surface area contributed by atoms with Gasteiger partial charge in [0.1, 0.15) is 11.6 Å². The van der Waals surface area contributed by atoms with Crippen LogP contribution in [0.25, 0.3) is 10.9 Å². The molecule has 1 aliphatic heterocycles. The Morgan fingerprint density at radius 1 is 1.12 bits per heavy atom. The van der Waals surface area contributed by atoms with Gasteiger partial charge in [0, 0.05) is 60.2 Å². The van der Waals surface area contributed by atoms with Gasteiger partial charge in [-0.3, -0.25) is 4.98 Å². The maximum atomic E-state index is 6.13. The van der Waals surface area contributed by atoms with Gasteiger partial charge in [-0.05, 0) is 56.2 Å². The van der Waals surface area contributed by atoms with Crippen molar-refractivity contribution in [1.82, 2.24) is 15.0 Å². The Bertz CT molecular complexity index is 1220. The number of fused-ring (bicyclic) bond motifs is 1. The Hall–Kier alpha value is -3.32. The van der Waals surface area contributed by atoms with Crippen LogP contribution in [0.5, 0.6) is 0 Å². The Balaban J connectivity index is 1.36. The molecular weight excluding hydrogens is 436 g/mol. The van der Waals surface area contributed by atoms with Crippen LogP contribution in [0.15, 0.2) is 59.3 Å². The molecule has 1 fully saturated rings. The van der Waals surface area contributed by atoms with E-state index in [0.717, 1.165) is 52.9 Å². The van der Waals surface area contributed by atoms with Gasteiger partial charge in [-0.25, -0.2) is 4.98 Å². The molecule has 3 aromatic heterocycles. The van der Waals surface area contributed by atoms with Gasteiger partial charge in [0.25, 0.3) is 0 Å². The second-order valence-electron chi connectivity index (χ2n) is 8.31. The largest absolute Gasteiger partial charge is 0.467 e. The summed E-state index contributed by atoms with van der Waals surface area (Å²) in [6, 6.07) is 13.7. The third kappa shape index (κ3) is 5.03. The molecule has 33 heavy (non-hydrogen) atoms. The number of halogens is 1. The highest BCUT2D eigenvalue weighted by Crippen LogP contribution is 2.25. The van der Waals surface area contributed by atoms with E-state index in [1.807, 2.05) is 43.3 Å². The molecule has 1 N–H and O–H groups in total. The standard InChI is InChI=1S/C25H27ClN6O/c1-18-15-24(31-11-2-3-12-31)30-25(29-18)32(17-20-5-4-14-33-20)13-10-28-22-8-9-27-23-16-19(26)6-7-21(22)23/h4-9,14-16H,2-3,10-13,17H2,1H3,(H,27,28). The fourth-order valence-electron chi connectivity index (χ4n) is 4.23. The normalized spacial score (nSPS) is 13.6. The van der Waals surface area contributed by atoms with Gasteiger partial charge in [-0.2, -0.15) is 4.98 Å². The van der Waals surface area contributed by atoms with Gasteiger partial charge in [0.2, 0.25) is 5.95 Å². The summed E-state index contributed by atoms with van der Waals surface area (Å²) in [7, 11) is 0. The SMILES string of the molecule is Cc1cc(N2CCCC2)nc(N(CCNc2ccnc3cc(Cl)ccc23)Cc2ccco2)n1. The van der Waals surface area contributed by atoms with Crippen molar-refractivity contribution < 1.29 is 4.42 Å². The molecule has 0 spiro atoms. The summed E-state index contributed by atoms with van der Waals surface area (Å²) in [5, 5.41) is 5.28. The molecule has 1 aromatic carbocycles. The number of aryl methyl sites for hydroxylation is 1. The highest BCUT2D eigenvalue weighted by Gasteiger charge is 2.18. The second-order valence-corrected chi connectivity index (χ2v) is 8.75. The van der Waals surface area contributed by atoms with Crippen molar-refractivity contribution in [3.05, 3.63) is 71.4 Å². The zero-order chi connectivity index (χ0) is 22.6. The van der Waals surface area contributed by atoms with E-state index < -0.39 is 0 Å². The molecule has 0 atom stereocenters. The van der Waals surface area contributed by atoms with Gasteiger partial charge in [-0.1, -0.05) is 11.6 Å². The molecule has 0 bridgehead atoms. The fraction of sp³-hybridized carbons (Fsp3) is 0.320. The number of aromatic nitrogens is 3. The number of furan rings is 1. The van der Waals surface area contributed by atoms with Gasteiger partial charge in [0.15, 0.2) is 0 Å². The van der Waals surface area contributed by atoms with Crippen LogP contribution in [-0.4, -0.2) is 41.1 Å². The predicted molar refractivity (Wildman–Crippen MR) is 133 cm³/mol. The lowest BCUT2D eigenvalue weighted by Crippen LogP contribution is -2.31. The molecule has 4 aromatic rings. The average molecular weight is 463 g/mol. The van der Waals surface area contributed by atoms with Crippen LogP contribution in [0.3, 0.4) is 0 Å². The van der Waals surface area contributed by atoms with Crippen LogP contribution in [-0.2, 0) is 6.54 Å². The lowest BCUT2D eigenvalue weighted by Gasteiger charge is -2.25. The van der Waals surface area contributed by atoms with Crippen LogP contribution in [0.1, 0.15) is 24.3 Å². The molecule has 0 saturated carbocycles. The first-order chi connectivity index (χ1) is 16.2. The summed E-state index contributed by atoms with van der Waals surface area (Å²) in [5.41, 5.74) is 2.87. The molecule has 0 amide bonds. The molecular formula is C25H27ClN6O. The van der Waals surface area contributed by atoms with Crippen LogP contribution in [0.2, 0.25) is 5.02 Å². The average Bonchev–Trinajstić information content (AvgIpc) is 3.52. The summed E-state index contributed by atoms with van der Waals surface area (Å²) < 4.78 is 5.63. The number of rotatable bonds is 8. The molecule has 0 aliphatic carbocycles. The number of anilines is 3. The zero-order valence-corrected chi connectivity index (χ0v) is 19.4. The van der Waals surface area contributed by atoms with Crippen LogP contribution in [0, 0.1) is 6.92 Å². The van der Waals surface area contributed by atoms with E-state index in [4.69, 9.17) is 26.0 Å². The van der Waals surface area contributed by atoms with Crippen LogP contribution < -0.4 is 15.1 Å². The third-order valence-corrected chi connectivity index (χ3v) is 6.11. The number of hydrogen-bond donors (Lipinski definition) is 1.